The largest absolute Gasteiger partial charge is 0.496 e. The number of hydrogen-bond donors (Lipinski definition) is 1. The van der Waals surface area contributed by atoms with E-state index in [0.29, 0.717) is 22.4 Å². The van der Waals surface area contributed by atoms with Gasteiger partial charge in [-0.15, -0.1) is 0 Å². The lowest BCUT2D eigenvalue weighted by molar-refractivity contribution is -0.142. The minimum atomic E-state index is -3.87. The summed E-state index contributed by atoms with van der Waals surface area (Å²) in [5, 5.41) is 9.63. The highest BCUT2D eigenvalue weighted by molar-refractivity contribution is 7.89. The Kier molecular flexibility index (Phi) is 5.26. The normalized spacial score (nSPS) is 20.6. The van der Waals surface area contributed by atoms with Crippen LogP contribution in [0.25, 0.3) is 0 Å². The molecule has 0 amide bonds. The molecule has 2 atom stereocenters. The summed E-state index contributed by atoms with van der Waals surface area (Å²) in [7, 11) is -2.33. The number of carboxylic acid groups (broad SMARTS) is 1. The number of hydrogen-bond acceptors (Lipinski definition) is 4. The van der Waals surface area contributed by atoms with E-state index in [9.17, 15) is 18.3 Å². The molecule has 1 aliphatic heterocycles. The molecule has 1 heterocycles. The molecule has 0 aliphatic carbocycles. The smallest absolute Gasteiger partial charge is 0.308 e. The fourth-order valence-electron chi connectivity index (χ4n) is 3.73. The van der Waals surface area contributed by atoms with Crippen molar-refractivity contribution in [1.82, 2.24) is 4.31 Å². The Hall–Kier alpha value is -2.38. The molecule has 7 heteroatoms. The topological polar surface area (TPSA) is 83.9 Å². The standard InChI is InChI=1S/C20H23NO5S/c1-13-12-18(14(2)11-17(13)26-3)27(24,25)21-10-9-16(20(22)23)19(21)15-7-5-4-6-8-15/h4-8,11-12,16,19H,9-10H2,1-3H3,(H,22,23). The third-order valence-electron chi connectivity index (χ3n) is 5.09. The molecule has 2 aromatic carbocycles. The first-order chi connectivity index (χ1) is 12.8. The number of benzene rings is 2. The van der Waals surface area contributed by atoms with Crippen molar-refractivity contribution in [3.63, 3.8) is 0 Å². The number of carboxylic acids is 1. The number of methoxy groups -OCH3 is 1. The van der Waals surface area contributed by atoms with Crippen molar-refractivity contribution in [1.29, 1.82) is 0 Å². The van der Waals surface area contributed by atoms with Crippen LogP contribution in [0.15, 0.2) is 47.4 Å². The third-order valence-corrected chi connectivity index (χ3v) is 7.11. The molecule has 144 valence electrons. The lowest BCUT2D eigenvalue weighted by Gasteiger charge is -2.27. The summed E-state index contributed by atoms with van der Waals surface area (Å²) in [6.07, 6.45) is 0.280. The number of carbonyl (C=O) groups is 1. The minimum Gasteiger partial charge on any atom is -0.496 e. The van der Waals surface area contributed by atoms with Crippen molar-refractivity contribution in [3.8, 4) is 5.75 Å². The van der Waals surface area contributed by atoms with Crippen LogP contribution in [-0.2, 0) is 14.8 Å². The van der Waals surface area contributed by atoms with Gasteiger partial charge in [0.05, 0.1) is 24.0 Å². The Balaban J connectivity index is 2.10. The number of ether oxygens (including phenoxy) is 1. The first-order valence-electron chi connectivity index (χ1n) is 8.72. The second-order valence-electron chi connectivity index (χ2n) is 6.79. The number of nitrogens with zero attached hydrogens (tertiary/aromatic N) is 1. The Bertz CT molecular complexity index is 956. The highest BCUT2D eigenvalue weighted by Crippen LogP contribution is 2.42. The van der Waals surface area contributed by atoms with Crippen LogP contribution in [0.2, 0.25) is 0 Å². The number of aryl methyl sites for hydroxylation is 2. The average molecular weight is 389 g/mol. The van der Waals surface area contributed by atoms with E-state index in [-0.39, 0.29) is 17.9 Å². The molecule has 2 aromatic rings. The molecule has 0 radical (unpaired) electrons. The predicted molar refractivity (Wildman–Crippen MR) is 101 cm³/mol. The van der Waals surface area contributed by atoms with Gasteiger partial charge in [0.15, 0.2) is 0 Å². The van der Waals surface area contributed by atoms with Gasteiger partial charge in [-0.25, -0.2) is 8.42 Å². The minimum absolute atomic E-state index is 0.170. The molecule has 3 rings (SSSR count). The molecule has 2 unspecified atom stereocenters. The van der Waals surface area contributed by atoms with Crippen LogP contribution in [0, 0.1) is 19.8 Å². The van der Waals surface area contributed by atoms with Gasteiger partial charge in [0.1, 0.15) is 5.75 Å². The van der Waals surface area contributed by atoms with Gasteiger partial charge in [-0.2, -0.15) is 4.31 Å². The van der Waals surface area contributed by atoms with Gasteiger partial charge in [0, 0.05) is 6.54 Å². The number of aliphatic carboxylic acids is 1. The molecule has 1 saturated heterocycles. The second kappa shape index (κ2) is 7.32. The summed E-state index contributed by atoms with van der Waals surface area (Å²) in [5.74, 6) is -1.14. The van der Waals surface area contributed by atoms with E-state index < -0.39 is 28.0 Å². The first kappa shape index (κ1) is 19.4. The van der Waals surface area contributed by atoms with Gasteiger partial charge in [-0.1, -0.05) is 30.3 Å². The zero-order chi connectivity index (χ0) is 19.8. The van der Waals surface area contributed by atoms with E-state index in [0.717, 1.165) is 0 Å². The van der Waals surface area contributed by atoms with Crippen LogP contribution in [0.3, 0.4) is 0 Å². The fraction of sp³-hybridized carbons (Fsp3) is 0.350. The zero-order valence-corrected chi connectivity index (χ0v) is 16.4. The summed E-state index contributed by atoms with van der Waals surface area (Å²) < 4.78 is 33.5. The Morgan fingerprint density at radius 1 is 1.15 bits per heavy atom. The van der Waals surface area contributed by atoms with Gasteiger partial charge in [0.25, 0.3) is 0 Å². The Labute approximate surface area is 159 Å². The maximum Gasteiger partial charge on any atom is 0.308 e. The maximum absolute atomic E-state index is 13.5. The van der Waals surface area contributed by atoms with E-state index in [1.54, 1.807) is 57.4 Å². The van der Waals surface area contributed by atoms with Gasteiger partial charge in [0.2, 0.25) is 10.0 Å². The summed E-state index contributed by atoms with van der Waals surface area (Å²) in [5.41, 5.74) is 1.98. The third kappa shape index (κ3) is 3.44. The molecule has 0 saturated carbocycles. The van der Waals surface area contributed by atoms with Crippen LogP contribution in [0.5, 0.6) is 5.75 Å². The van der Waals surface area contributed by atoms with Crippen molar-refractivity contribution in [2.24, 2.45) is 5.92 Å². The molecule has 0 bridgehead atoms. The van der Waals surface area contributed by atoms with Crippen molar-refractivity contribution in [2.45, 2.75) is 31.2 Å². The van der Waals surface area contributed by atoms with Gasteiger partial charge >= 0.3 is 5.97 Å². The summed E-state index contributed by atoms with van der Waals surface area (Å²) in [4.78, 5) is 11.9. The van der Waals surface area contributed by atoms with E-state index in [4.69, 9.17) is 4.74 Å². The molecule has 0 aromatic heterocycles. The van der Waals surface area contributed by atoms with Gasteiger partial charge < -0.3 is 9.84 Å². The van der Waals surface area contributed by atoms with E-state index in [2.05, 4.69) is 0 Å². The lowest BCUT2D eigenvalue weighted by atomic mass is 9.94. The molecular formula is C20H23NO5S. The fourth-order valence-corrected chi connectivity index (χ4v) is 5.69. The monoisotopic (exact) mass is 389 g/mol. The zero-order valence-electron chi connectivity index (χ0n) is 15.5. The van der Waals surface area contributed by atoms with E-state index >= 15 is 0 Å². The molecule has 1 fully saturated rings. The summed E-state index contributed by atoms with van der Waals surface area (Å²) in [6, 6.07) is 11.5. The van der Waals surface area contributed by atoms with Crippen LogP contribution < -0.4 is 4.74 Å². The van der Waals surface area contributed by atoms with Crippen molar-refractivity contribution in [3.05, 3.63) is 59.2 Å². The maximum atomic E-state index is 13.5. The van der Waals surface area contributed by atoms with Gasteiger partial charge in [-0.3, -0.25) is 4.79 Å². The highest BCUT2D eigenvalue weighted by Gasteiger charge is 2.46. The number of rotatable bonds is 5. The lowest BCUT2D eigenvalue weighted by Crippen LogP contribution is -2.34. The number of sulfonamides is 1. The average Bonchev–Trinajstić information content (AvgIpc) is 3.10. The Morgan fingerprint density at radius 3 is 2.41 bits per heavy atom. The second-order valence-corrected chi connectivity index (χ2v) is 8.65. The highest BCUT2D eigenvalue weighted by atomic mass is 32.2. The molecule has 0 spiro atoms. The summed E-state index contributed by atoms with van der Waals surface area (Å²) in [6.45, 7) is 3.68. The molecule has 27 heavy (non-hydrogen) atoms. The Morgan fingerprint density at radius 2 is 1.81 bits per heavy atom. The van der Waals surface area contributed by atoms with Crippen LogP contribution in [-0.4, -0.2) is 37.5 Å². The van der Waals surface area contributed by atoms with Crippen LogP contribution >= 0.6 is 0 Å². The van der Waals surface area contributed by atoms with Crippen molar-refractivity contribution in [2.75, 3.05) is 13.7 Å². The van der Waals surface area contributed by atoms with Crippen LogP contribution in [0.1, 0.15) is 29.2 Å². The molecular weight excluding hydrogens is 366 g/mol. The molecule has 1 N–H and O–H groups in total. The molecule has 6 nitrogen and oxygen atoms in total. The first-order valence-corrected chi connectivity index (χ1v) is 10.2. The van der Waals surface area contributed by atoms with Crippen molar-refractivity contribution < 1.29 is 23.1 Å². The quantitative estimate of drug-likeness (QED) is 0.849. The summed E-state index contributed by atoms with van der Waals surface area (Å²) >= 11 is 0. The van der Waals surface area contributed by atoms with Crippen LogP contribution in [0.4, 0.5) is 0 Å². The van der Waals surface area contributed by atoms with Crippen molar-refractivity contribution >= 4 is 16.0 Å². The molecule has 1 aliphatic rings. The van der Waals surface area contributed by atoms with E-state index in [1.807, 2.05) is 6.07 Å². The van der Waals surface area contributed by atoms with Gasteiger partial charge in [-0.05, 0) is 49.1 Å². The predicted octanol–water partition coefficient (Wildman–Crippen LogP) is 3.15. The van der Waals surface area contributed by atoms with E-state index in [1.165, 1.54) is 4.31 Å². The SMILES string of the molecule is COc1cc(C)c(S(=O)(=O)N2CCC(C(=O)O)C2c2ccccc2)cc1C.